The van der Waals surface area contributed by atoms with Crippen LogP contribution in [0.25, 0.3) is 0 Å². The van der Waals surface area contributed by atoms with Crippen LogP contribution in [-0.4, -0.2) is 46.5 Å². The van der Waals surface area contributed by atoms with Crippen molar-refractivity contribution < 1.29 is 14.3 Å². The third-order valence-corrected chi connectivity index (χ3v) is 5.92. The molecule has 0 unspecified atom stereocenters. The smallest absolute Gasteiger partial charge is 0.410 e. The average molecular weight is 377 g/mol. The van der Waals surface area contributed by atoms with Crippen LogP contribution in [0.2, 0.25) is 0 Å². The standard InChI is InChI=1S/C22H36N2O3/c1-8-11-18-16(4)24(19(25)22(18,9-2)10-3)17-12-14-23(15-13-17)20(26)27-21(5,6)7/h8,11,17H,9-10,12-15H2,1-7H3/b11-8-. The molecule has 1 saturated heterocycles. The number of piperidine rings is 1. The maximum Gasteiger partial charge on any atom is 0.410 e. The first-order valence-corrected chi connectivity index (χ1v) is 10.3. The second kappa shape index (κ2) is 8.07. The second-order valence-electron chi connectivity index (χ2n) is 8.66. The first-order chi connectivity index (χ1) is 12.6. The quantitative estimate of drug-likeness (QED) is 0.702. The fourth-order valence-electron chi connectivity index (χ4n) is 4.43. The highest BCUT2D eigenvalue weighted by atomic mass is 16.6. The summed E-state index contributed by atoms with van der Waals surface area (Å²) < 4.78 is 5.49. The average Bonchev–Trinajstić information content (AvgIpc) is 2.81. The highest BCUT2D eigenvalue weighted by molar-refractivity contribution is 5.92. The molecular weight excluding hydrogens is 340 g/mol. The van der Waals surface area contributed by atoms with Gasteiger partial charge in [-0.2, -0.15) is 0 Å². The Labute approximate surface area is 164 Å². The van der Waals surface area contributed by atoms with Crippen LogP contribution in [0.5, 0.6) is 0 Å². The minimum Gasteiger partial charge on any atom is -0.444 e. The summed E-state index contributed by atoms with van der Waals surface area (Å²) in [4.78, 5) is 29.5. The van der Waals surface area contributed by atoms with Crippen molar-refractivity contribution in [2.24, 2.45) is 5.41 Å². The summed E-state index contributed by atoms with van der Waals surface area (Å²) in [7, 11) is 0. The Morgan fingerprint density at radius 1 is 1.22 bits per heavy atom. The van der Waals surface area contributed by atoms with E-state index < -0.39 is 11.0 Å². The van der Waals surface area contributed by atoms with Gasteiger partial charge in [0, 0.05) is 24.8 Å². The van der Waals surface area contributed by atoms with Gasteiger partial charge < -0.3 is 14.5 Å². The lowest BCUT2D eigenvalue weighted by Crippen LogP contribution is -2.49. The minimum absolute atomic E-state index is 0.149. The molecule has 2 heterocycles. The Morgan fingerprint density at radius 3 is 2.22 bits per heavy atom. The first kappa shape index (κ1) is 21.5. The number of carbonyl (C=O) groups is 2. The highest BCUT2D eigenvalue weighted by Crippen LogP contribution is 2.47. The van der Waals surface area contributed by atoms with E-state index in [1.54, 1.807) is 4.90 Å². The molecule has 2 amide bonds. The van der Waals surface area contributed by atoms with Crippen LogP contribution in [-0.2, 0) is 9.53 Å². The predicted molar refractivity (Wildman–Crippen MR) is 108 cm³/mol. The molecule has 1 fully saturated rings. The molecule has 2 aliphatic heterocycles. The number of amides is 2. The van der Waals surface area contributed by atoms with Crippen molar-refractivity contribution >= 4 is 12.0 Å². The molecule has 152 valence electrons. The molecule has 0 saturated carbocycles. The molecule has 0 N–H and O–H groups in total. The topological polar surface area (TPSA) is 49.9 Å². The zero-order valence-corrected chi connectivity index (χ0v) is 18.1. The van der Waals surface area contributed by atoms with Crippen molar-refractivity contribution in [3.05, 3.63) is 23.4 Å². The van der Waals surface area contributed by atoms with E-state index >= 15 is 0 Å². The SMILES string of the molecule is C/C=C\C1=C(C)N(C2CCN(C(=O)OC(C)(C)C)CC2)C(=O)C1(CC)CC. The summed E-state index contributed by atoms with van der Waals surface area (Å²) in [6.07, 6.45) is 7.08. The predicted octanol–water partition coefficient (Wildman–Crippen LogP) is 4.88. The van der Waals surface area contributed by atoms with Gasteiger partial charge in [0.2, 0.25) is 5.91 Å². The van der Waals surface area contributed by atoms with Crippen molar-refractivity contribution in [3.63, 3.8) is 0 Å². The summed E-state index contributed by atoms with van der Waals surface area (Å²) in [5.74, 6) is 0.230. The zero-order valence-electron chi connectivity index (χ0n) is 18.1. The van der Waals surface area contributed by atoms with Gasteiger partial charge in [-0.05, 0) is 65.9 Å². The number of carbonyl (C=O) groups excluding carboxylic acids is 2. The molecular formula is C22H36N2O3. The van der Waals surface area contributed by atoms with Crippen molar-refractivity contribution in [1.29, 1.82) is 0 Å². The Kier molecular flexibility index (Phi) is 6.43. The van der Waals surface area contributed by atoms with Crippen LogP contribution < -0.4 is 0 Å². The molecule has 0 aromatic carbocycles. The molecule has 0 aliphatic carbocycles. The third kappa shape index (κ3) is 4.07. The van der Waals surface area contributed by atoms with Crippen LogP contribution in [0.15, 0.2) is 23.4 Å². The monoisotopic (exact) mass is 376 g/mol. The van der Waals surface area contributed by atoms with Crippen LogP contribution in [0.1, 0.15) is 74.1 Å². The van der Waals surface area contributed by atoms with E-state index in [9.17, 15) is 9.59 Å². The van der Waals surface area contributed by atoms with Gasteiger partial charge in [-0.1, -0.05) is 26.0 Å². The maximum atomic E-state index is 13.4. The molecule has 5 nitrogen and oxygen atoms in total. The van der Waals surface area contributed by atoms with E-state index in [-0.39, 0.29) is 18.0 Å². The lowest BCUT2D eigenvalue weighted by Gasteiger charge is -2.39. The number of hydrogen-bond donors (Lipinski definition) is 0. The minimum atomic E-state index is -0.485. The van der Waals surface area contributed by atoms with Crippen molar-refractivity contribution in [3.8, 4) is 0 Å². The maximum absolute atomic E-state index is 13.4. The van der Waals surface area contributed by atoms with Gasteiger partial charge >= 0.3 is 6.09 Å². The van der Waals surface area contributed by atoms with Gasteiger partial charge in [-0.25, -0.2) is 4.79 Å². The van der Waals surface area contributed by atoms with E-state index in [2.05, 4.69) is 26.8 Å². The van der Waals surface area contributed by atoms with Crippen molar-refractivity contribution in [2.45, 2.75) is 85.8 Å². The Balaban J connectivity index is 2.16. The highest BCUT2D eigenvalue weighted by Gasteiger charge is 2.50. The zero-order chi connectivity index (χ0) is 20.4. The number of hydrogen-bond acceptors (Lipinski definition) is 3. The van der Waals surface area contributed by atoms with Crippen LogP contribution >= 0.6 is 0 Å². The summed E-state index contributed by atoms with van der Waals surface area (Å²) >= 11 is 0. The Morgan fingerprint density at radius 2 is 1.78 bits per heavy atom. The van der Waals surface area contributed by atoms with E-state index in [4.69, 9.17) is 4.74 Å². The van der Waals surface area contributed by atoms with Gasteiger partial charge in [0.05, 0.1) is 5.41 Å². The first-order valence-electron chi connectivity index (χ1n) is 10.3. The molecule has 2 aliphatic rings. The van der Waals surface area contributed by atoms with Crippen molar-refractivity contribution in [2.75, 3.05) is 13.1 Å². The molecule has 0 radical (unpaired) electrons. The molecule has 2 rings (SSSR count). The number of rotatable bonds is 4. The lowest BCUT2D eigenvalue weighted by molar-refractivity contribution is -0.138. The van der Waals surface area contributed by atoms with E-state index in [0.717, 1.165) is 37.0 Å². The molecule has 5 heteroatoms. The molecule has 0 bridgehead atoms. The second-order valence-corrected chi connectivity index (χ2v) is 8.66. The largest absolute Gasteiger partial charge is 0.444 e. The van der Waals surface area contributed by atoms with Gasteiger partial charge in [0.15, 0.2) is 0 Å². The van der Waals surface area contributed by atoms with Gasteiger partial charge in [-0.15, -0.1) is 0 Å². The van der Waals surface area contributed by atoms with Gasteiger partial charge in [0.1, 0.15) is 5.60 Å². The van der Waals surface area contributed by atoms with E-state index in [1.807, 2.05) is 38.7 Å². The molecule has 27 heavy (non-hydrogen) atoms. The van der Waals surface area contributed by atoms with E-state index in [0.29, 0.717) is 13.1 Å². The molecule has 0 aromatic rings. The summed E-state index contributed by atoms with van der Waals surface area (Å²) in [6.45, 7) is 15.2. The Hall–Kier alpha value is -1.78. The molecule has 0 atom stereocenters. The van der Waals surface area contributed by atoms with Crippen LogP contribution in [0.4, 0.5) is 4.79 Å². The molecule has 0 aromatic heterocycles. The normalized spacial score (nSPS) is 21.5. The van der Waals surface area contributed by atoms with E-state index in [1.165, 1.54) is 0 Å². The third-order valence-electron chi connectivity index (χ3n) is 5.92. The Bertz CT molecular complexity index is 630. The fraction of sp³-hybridized carbons (Fsp3) is 0.727. The summed E-state index contributed by atoms with van der Waals surface area (Å²) in [5, 5.41) is 0. The van der Waals surface area contributed by atoms with Crippen LogP contribution in [0, 0.1) is 5.41 Å². The van der Waals surface area contributed by atoms with Gasteiger partial charge in [0.25, 0.3) is 0 Å². The van der Waals surface area contributed by atoms with Crippen molar-refractivity contribution in [1.82, 2.24) is 9.80 Å². The summed E-state index contributed by atoms with van der Waals surface area (Å²) in [5.41, 5.74) is 1.35. The van der Waals surface area contributed by atoms with Crippen LogP contribution in [0.3, 0.4) is 0 Å². The number of nitrogens with zero attached hydrogens (tertiary/aromatic N) is 2. The fourth-order valence-corrected chi connectivity index (χ4v) is 4.43. The number of likely N-dealkylation sites (tertiary alicyclic amines) is 1. The number of allylic oxidation sites excluding steroid dienone is 3. The van der Waals surface area contributed by atoms with Gasteiger partial charge in [-0.3, -0.25) is 4.79 Å². The number of ether oxygens (including phenoxy) is 1. The molecule has 0 spiro atoms. The lowest BCUT2D eigenvalue weighted by atomic mass is 9.76. The summed E-state index contributed by atoms with van der Waals surface area (Å²) in [6, 6.07) is 0.149.